The largest absolute Gasteiger partial charge is 0.325 e. The van der Waals surface area contributed by atoms with Gasteiger partial charge in [-0.2, -0.15) is 0 Å². The molecule has 0 spiro atoms. The van der Waals surface area contributed by atoms with E-state index in [2.05, 4.69) is 46.4 Å². The Labute approximate surface area is 209 Å². The summed E-state index contributed by atoms with van der Waals surface area (Å²) in [5.74, 6) is 1.13. The molecule has 0 aliphatic carbocycles. The number of nitrogens with zero attached hydrogens (tertiary/aromatic N) is 5. The summed E-state index contributed by atoms with van der Waals surface area (Å²) in [4.78, 5) is 30.7. The topological polar surface area (TPSA) is 97.6 Å². The quantitative estimate of drug-likeness (QED) is 0.331. The number of carbonyl (C=O) groups is 1. The van der Waals surface area contributed by atoms with Gasteiger partial charge in [0, 0.05) is 40.4 Å². The first kappa shape index (κ1) is 23.2. The van der Waals surface area contributed by atoms with Crippen LogP contribution in [0.15, 0.2) is 79.4 Å². The maximum atomic E-state index is 13.0. The van der Waals surface area contributed by atoms with Crippen LogP contribution in [0.25, 0.3) is 16.9 Å². The van der Waals surface area contributed by atoms with E-state index in [-0.39, 0.29) is 11.3 Å². The Kier molecular flexibility index (Phi) is 5.93. The lowest BCUT2D eigenvalue weighted by molar-refractivity contribution is 0.102. The fourth-order valence-electron chi connectivity index (χ4n) is 3.90. The van der Waals surface area contributed by atoms with Gasteiger partial charge in [-0.1, -0.05) is 39.0 Å². The third-order valence-corrected chi connectivity index (χ3v) is 5.89. The van der Waals surface area contributed by atoms with Gasteiger partial charge in [0.25, 0.3) is 5.91 Å². The number of nitrogens with one attached hydrogen (secondary N) is 2. The molecular formula is C28H27N7O. The number of fused-ring (bicyclic) bond motifs is 1. The van der Waals surface area contributed by atoms with Crippen molar-refractivity contribution in [2.75, 3.05) is 10.6 Å². The maximum absolute atomic E-state index is 13.0. The number of para-hydroxylation sites is 2. The van der Waals surface area contributed by atoms with E-state index in [0.717, 1.165) is 28.0 Å². The van der Waals surface area contributed by atoms with Gasteiger partial charge >= 0.3 is 0 Å². The molecule has 8 heteroatoms. The fraction of sp³-hybridized carbons (Fsp3) is 0.179. The zero-order valence-corrected chi connectivity index (χ0v) is 20.6. The van der Waals surface area contributed by atoms with Crippen LogP contribution in [-0.4, -0.2) is 30.4 Å². The highest BCUT2D eigenvalue weighted by molar-refractivity contribution is 6.04. The molecular weight excluding hydrogens is 450 g/mol. The molecule has 36 heavy (non-hydrogen) atoms. The third-order valence-electron chi connectivity index (χ3n) is 5.89. The summed E-state index contributed by atoms with van der Waals surface area (Å²) in [5.41, 5.74) is 5.55. The summed E-state index contributed by atoms with van der Waals surface area (Å²) >= 11 is 0. The highest BCUT2D eigenvalue weighted by atomic mass is 16.1. The summed E-state index contributed by atoms with van der Waals surface area (Å²) < 4.78 is 1.95. The Morgan fingerprint density at radius 2 is 1.78 bits per heavy atom. The van der Waals surface area contributed by atoms with E-state index in [1.54, 1.807) is 18.5 Å². The number of rotatable bonds is 5. The third kappa shape index (κ3) is 4.65. The van der Waals surface area contributed by atoms with Gasteiger partial charge in [0.05, 0.1) is 11.0 Å². The van der Waals surface area contributed by atoms with Crippen molar-refractivity contribution in [1.29, 1.82) is 0 Å². The number of imidazole rings is 1. The van der Waals surface area contributed by atoms with Gasteiger partial charge in [0.2, 0.25) is 5.95 Å². The standard InChI is InChI=1S/C28H27N7O/c1-18-9-10-20(32-26(36)19-11-14-30-24(15-19)28(2,3)4)16-22(18)34-27-33-21-7-5-6-8-23(21)35(27)25-12-13-29-17-31-25/h5-17H,1-4H3,(H,32,36)(H,33,34). The molecule has 5 rings (SSSR count). The minimum atomic E-state index is -0.189. The molecule has 3 heterocycles. The molecule has 0 aliphatic rings. The van der Waals surface area contributed by atoms with Crippen LogP contribution >= 0.6 is 0 Å². The van der Waals surface area contributed by atoms with Gasteiger partial charge in [-0.3, -0.25) is 14.3 Å². The molecule has 0 aliphatic heterocycles. The molecule has 0 saturated carbocycles. The maximum Gasteiger partial charge on any atom is 0.255 e. The van der Waals surface area contributed by atoms with E-state index < -0.39 is 0 Å². The number of aromatic nitrogens is 5. The molecule has 0 unspecified atom stereocenters. The van der Waals surface area contributed by atoms with Gasteiger partial charge < -0.3 is 10.6 Å². The SMILES string of the molecule is Cc1ccc(NC(=O)c2ccnc(C(C)(C)C)c2)cc1Nc1nc2ccccc2n1-c1ccncn1. The van der Waals surface area contributed by atoms with E-state index in [1.165, 1.54) is 6.33 Å². The lowest BCUT2D eigenvalue weighted by Gasteiger charge is -2.18. The van der Waals surface area contributed by atoms with E-state index in [9.17, 15) is 4.79 Å². The average molecular weight is 478 g/mol. The molecule has 2 N–H and O–H groups in total. The number of aryl methyl sites for hydroxylation is 1. The smallest absolute Gasteiger partial charge is 0.255 e. The molecule has 8 nitrogen and oxygen atoms in total. The summed E-state index contributed by atoms with van der Waals surface area (Å²) in [6.45, 7) is 8.22. The molecule has 0 radical (unpaired) electrons. The number of anilines is 3. The van der Waals surface area contributed by atoms with Gasteiger partial charge in [-0.25, -0.2) is 15.0 Å². The van der Waals surface area contributed by atoms with Gasteiger partial charge in [0.1, 0.15) is 12.1 Å². The summed E-state index contributed by atoms with van der Waals surface area (Å²) in [7, 11) is 0. The summed E-state index contributed by atoms with van der Waals surface area (Å²) in [6, 6.07) is 19.0. The summed E-state index contributed by atoms with van der Waals surface area (Å²) in [6.07, 6.45) is 4.89. The Hall–Kier alpha value is -4.59. The number of benzene rings is 2. The first-order valence-corrected chi connectivity index (χ1v) is 11.7. The van der Waals surface area contributed by atoms with Crippen LogP contribution in [0.1, 0.15) is 42.4 Å². The zero-order chi connectivity index (χ0) is 25.3. The first-order chi connectivity index (χ1) is 17.3. The van der Waals surface area contributed by atoms with Crippen molar-refractivity contribution in [3.63, 3.8) is 0 Å². The Balaban J connectivity index is 1.46. The highest BCUT2D eigenvalue weighted by Crippen LogP contribution is 2.29. The van der Waals surface area contributed by atoms with Crippen LogP contribution < -0.4 is 10.6 Å². The first-order valence-electron chi connectivity index (χ1n) is 11.7. The second kappa shape index (κ2) is 9.22. The lowest BCUT2D eigenvalue weighted by atomic mass is 9.91. The summed E-state index contributed by atoms with van der Waals surface area (Å²) in [5, 5.41) is 6.45. The van der Waals surface area contributed by atoms with E-state index in [4.69, 9.17) is 4.98 Å². The van der Waals surface area contributed by atoms with Crippen molar-refractivity contribution < 1.29 is 4.79 Å². The van der Waals surface area contributed by atoms with Crippen LogP contribution in [0.5, 0.6) is 0 Å². The fourth-order valence-corrected chi connectivity index (χ4v) is 3.90. The van der Waals surface area contributed by atoms with E-state index in [1.807, 2.05) is 66.1 Å². The van der Waals surface area contributed by atoms with E-state index >= 15 is 0 Å². The van der Waals surface area contributed by atoms with Crippen molar-refractivity contribution in [3.05, 3.63) is 96.2 Å². The number of hydrogen-bond acceptors (Lipinski definition) is 6. The Morgan fingerprint density at radius 1 is 0.944 bits per heavy atom. The number of hydrogen-bond donors (Lipinski definition) is 2. The minimum absolute atomic E-state index is 0.146. The molecule has 1 amide bonds. The second-order valence-corrected chi connectivity index (χ2v) is 9.62. The normalized spacial score (nSPS) is 11.4. The Bertz CT molecular complexity index is 1550. The van der Waals surface area contributed by atoms with Crippen LogP contribution in [0, 0.1) is 6.92 Å². The molecule has 3 aromatic heterocycles. The number of carbonyl (C=O) groups excluding carboxylic acids is 1. The highest BCUT2D eigenvalue weighted by Gasteiger charge is 2.18. The van der Waals surface area contributed by atoms with Crippen molar-refractivity contribution >= 4 is 34.3 Å². The van der Waals surface area contributed by atoms with Gasteiger partial charge in [0.15, 0.2) is 0 Å². The predicted molar refractivity (Wildman–Crippen MR) is 142 cm³/mol. The van der Waals surface area contributed by atoms with Crippen LogP contribution in [0.2, 0.25) is 0 Å². The van der Waals surface area contributed by atoms with E-state index in [0.29, 0.717) is 23.0 Å². The zero-order valence-electron chi connectivity index (χ0n) is 20.6. The minimum Gasteiger partial charge on any atom is -0.325 e. The second-order valence-electron chi connectivity index (χ2n) is 9.62. The predicted octanol–water partition coefficient (Wildman–Crippen LogP) is 5.81. The molecule has 180 valence electrons. The molecule has 0 fully saturated rings. The van der Waals surface area contributed by atoms with Crippen molar-refractivity contribution in [1.82, 2.24) is 24.5 Å². The van der Waals surface area contributed by atoms with Crippen LogP contribution in [0.4, 0.5) is 17.3 Å². The molecule has 0 atom stereocenters. The number of amides is 1. The molecule has 0 saturated heterocycles. The van der Waals surface area contributed by atoms with Crippen LogP contribution in [0.3, 0.4) is 0 Å². The Morgan fingerprint density at radius 3 is 2.56 bits per heavy atom. The van der Waals surface area contributed by atoms with Crippen molar-refractivity contribution in [3.8, 4) is 5.82 Å². The molecule has 0 bridgehead atoms. The lowest BCUT2D eigenvalue weighted by Crippen LogP contribution is -2.17. The van der Waals surface area contributed by atoms with Gasteiger partial charge in [-0.15, -0.1) is 0 Å². The van der Waals surface area contributed by atoms with Gasteiger partial charge in [-0.05, 0) is 55.0 Å². The molecule has 2 aromatic carbocycles. The van der Waals surface area contributed by atoms with Crippen LogP contribution in [-0.2, 0) is 5.41 Å². The average Bonchev–Trinajstić information content (AvgIpc) is 3.24. The van der Waals surface area contributed by atoms with Crippen molar-refractivity contribution in [2.45, 2.75) is 33.1 Å². The monoisotopic (exact) mass is 477 g/mol. The molecule has 5 aromatic rings. The number of pyridine rings is 1. The van der Waals surface area contributed by atoms with Crippen molar-refractivity contribution in [2.24, 2.45) is 0 Å².